The number of aliphatic hydroxyl groups is 11. The molecule has 0 aromatic carbocycles. The van der Waals surface area contributed by atoms with Crippen LogP contribution in [0.5, 0.6) is 0 Å². The highest BCUT2D eigenvalue weighted by Gasteiger charge is 2.53. The summed E-state index contributed by atoms with van der Waals surface area (Å²) in [6, 6.07) is -1.00. The van der Waals surface area contributed by atoms with Crippen molar-refractivity contribution in [3.8, 4) is 0 Å². The molecule has 17 atom stereocenters. The first-order valence-corrected chi connectivity index (χ1v) is 25.7. The van der Waals surface area contributed by atoms with E-state index in [1.165, 1.54) is 25.7 Å². The molecule has 408 valence electrons. The Morgan fingerprint density at radius 3 is 1.51 bits per heavy atom. The quantitative estimate of drug-likeness (QED) is 0.0324. The summed E-state index contributed by atoms with van der Waals surface area (Å²) in [6.07, 6.45) is 12.1. The van der Waals surface area contributed by atoms with Gasteiger partial charge in [-0.25, -0.2) is 0 Å². The van der Waals surface area contributed by atoms with E-state index in [0.717, 1.165) is 57.8 Å². The van der Waals surface area contributed by atoms with E-state index < -0.39 is 124 Å². The Balaban J connectivity index is 1.56. The van der Waals surface area contributed by atoms with Crippen molar-refractivity contribution in [3.05, 3.63) is 72.9 Å². The molecule has 17 unspecified atom stereocenters. The van der Waals surface area contributed by atoms with Crippen LogP contribution in [0, 0.1) is 0 Å². The molecule has 0 bridgehead atoms. The van der Waals surface area contributed by atoms with Crippen LogP contribution in [0.2, 0.25) is 0 Å². The summed E-state index contributed by atoms with van der Waals surface area (Å²) >= 11 is 0. The lowest BCUT2D eigenvalue weighted by Gasteiger charge is -2.48. The van der Waals surface area contributed by atoms with Crippen molar-refractivity contribution in [2.45, 2.75) is 221 Å². The van der Waals surface area contributed by atoms with Gasteiger partial charge in [-0.2, -0.15) is 0 Å². The number of hydrogen-bond donors (Lipinski definition) is 12. The smallest absolute Gasteiger partial charge is 0.220 e. The normalized spacial score (nSPS) is 32.9. The van der Waals surface area contributed by atoms with Crippen LogP contribution >= 0.6 is 0 Å². The fourth-order valence-corrected chi connectivity index (χ4v) is 8.22. The topological polar surface area (TPSA) is 307 Å². The monoisotopic (exact) mass is 1010 g/mol. The van der Waals surface area contributed by atoms with Crippen LogP contribution in [0.25, 0.3) is 0 Å². The highest BCUT2D eigenvalue weighted by molar-refractivity contribution is 5.76. The van der Waals surface area contributed by atoms with E-state index >= 15 is 0 Å². The predicted molar refractivity (Wildman–Crippen MR) is 263 cm³/mol. The minimum Gasteiger partial charge on any atom is -0.394 e. The second-order valence-corrected chi connectivity index (χ2v) is 18.2. The van der Waals surface area contributed by atoms with Crippen LogP contribution in [-0.2, 0) is 33.2 Å². The Hall–Kier alpha value is -2.77. The summed E-state index contributed by atoms with van der Waals surface area (Å²) < 4.78 is 34.0. The number of carbonyl (C=O) groups is 1. The Morgan fingerprint density at radius 1 is 0.521 bits per heavy atom. The van der Waals surface area contributed by atoms with Gasteiger partial charge >= 0.3 is 0 Å². The Bertz CT molecular complexity index is 1590. The van der Waals surface area contributed by atoms with Gasteiger partial charge in [0.1, 0.15) is 73.2 Å². The Labute approximate surface area is 419 Å². The van der Waals surface area contributed by atoms with E-state index in [1.807, 2.05) is 18.2 Å². The van der Waals surface area contributed by atoms with Crippen molar-refractivity contribution in [2.75, 3.05) is 26.4 Å². The molecular formula is C52H87NO18. The highest BCUT2D eigenvalue weighted by Crippen LogP contribution is 2.33. The van der Waals surface area contributed by atoms with Gasteiger partial charge in [0.15, 0.2) is 18.9 Å². The van der Waals surface area contributed by atoms with Gasteiger partial charge in [0, 0.05) is 6.42 Å². The average Bonchev–Trinajstić information content (AvgIpc) is 3.36. The Kier molecular flexibility index (Phi) is 31.9. The molecule has 3 rings (SSSR count). The molecule has 3 aliphatic rings. The Morgan fingerprint density at radius 2 is 0.972 bits per heavy atom. The van der Waals surface area contributed by atoms with Gasteiger partial charge in [-0.1, -0.05) is 125 Å². The fourth-order valence-electron chi connectivity index (χ4n) is 8.22. The van der Waals surface area contributed by atoms with Gasteiger partial charge in [-0.15, -0.1) is 0 Å². The van der Waals surface area contributed by atoms with Gasteiger partial charge in [0.05, 0.1) is 38.6 Å². The van der Waals surface area contributed by atoms with Gasteiger partial charge < -0.3 is 89.9 Å². The fraction of sp³-hybridized carbons (Fsp3) is 0.750. The summed E-state index contributed by atoms with van der Waals surface area (Å²) in [5.41, 5.74) is 0. The highest BCUT2D eigenvalue weighted by atomic mass is 16.8. The van der Waals surface area contributed by atoms with Crippen molar-refractivity contribution in [1.82, 2.24) is 5.32 Å². The van der Waals surface area contributed by atoms with Gasteiger partial charge in [0.2, 0.25) is 5.91 Å². The number of hydrogen-bond acceptors (Lipinski definition) is 18. The molecule has 71 heavy (non-hydrogen) atoms. The minimum atomic E-state index is -1.98. The summed E-state index contributed by atoms with van der Waals surface area (Å²) in [7, 11) is 0. The maximum atomic E-state index is 13.2. The first kappa shape index (κ1) is 62.5. The molecule has 12 N–H and O–H groups in total. The molecule has 0 saturated carbocycles. The van der Waals surface area contributed by atoms with Crippen LogP contribution in [0.1, 0.15) is 117 Å². The minimum absolute atomic E-state index is 0.160. The molecule has 3 heterocycles. The van der Waals surface area contributed by atoms with Crippen molar-refractivity contribution in [3.63, 3.8) is 0 Å². The van der Waals surface area contributed by atoms with E-state index in [-0.39, 0.29) is 18.9 Å². The molecule has 19 nitrogen and oxygen atoms in total. The second-order valence-electron chi connectivity index (χ2n) is 18.2. The van der Waals surface area contributed by atoms with E-state index in [0.29, 0.717) is 12.8 Å². The van der Waals surface area contributed by atoms with Gasteiger partial charge in [-0.3, -0.25) is 4.79 Å². The lowest BCUT2D eigenvalue weighted by Crippen LogP contribution is -2.66. The van der Waals surface area contributed by atoms with Crippen LogP contribution < -0.4 is 5.32 Å². The average molecular weight is 1010 g/mol. The SMILES string of the molecule is CC/C=C\C/C=C\C/C=C\C/C=C\C/C=C\CCCC(=O)NC(COC1OC(CO)C(OC2OC(CO)C(OC3OC(CO)C(O)C(O)C3O)C(O)C2O)C(O)C1O)C(O)/C=C/CCCCCCCCC. The van der Waals surface area contributed by atoms with Crippen molar-refractivity contribution in [1.29, 1.82) is 0 Å². The maximum absolute atomic E-state index is 13.2. The zero-order valence-electron chi connectivity index (χ0n) is 41.7. The summed E-state index contributed by atoms with van der Waals surface area (Å²) in [5, 5.41) is 119. The van der Waals surface area contributed by atoms with Crippen LogP contribution in [-0.4, -0.2) is 193 Å². The molecule has 0 aromatic heterocycles. The van der Waals surface area contributed by atoms with Gasteiger partial charge in [-0.05, 0) is 57.8 Å². The first-order chi connectivity index (χ1) is 34.3. The zero-order valence-corrected chi connectivity index (χ0v) is 41.7. The standard InChI is InChI=1S/C52H87NO18/c1-3-5-7-9-11-13-14-15-16-17-18-19-20-22-24-26-28-30-40(58)53-35(36(57)29-27-25-23-21-12-10-8-6-4-2)34-66-50-46(64)43(61)48(38(32-55)68-50)71-52-47(65)44(62)49(39(33-56)69-52)70-51-45(63)42(60)41(59)37(31-54)67-51/h5,7,11,13,15-16,18-19,22,24,27,29,35-39,41-52,54-57,59-65H,3-4,6,8-10,12,14,17,20-21,23,25-26,28,30-34H2,1-2H3,(H,53,58)/b7-5-,13-11-,16-15-,19-18-,24-22-,29-27+. The molecule has 0 radical (unpaired) electrons. The molecular weight excluding hydrogens is 927 g/mol. The summed E-state index contributed by atoms with van der Waals surface area (Å²) in [5.74, 6) is -0.340. The maximum Gasteiger partial charge on any atom is 0.220 e. The summed E-state index contributed by atoms with van der Waals surface area (Å²) in [4.78, 5) is 13.2. The lowest BCUT2D eigenvalue weighted by molar-refractivity contribution is -0.379. The number of rotatable bonds is 34. The predicted octanol–water partition coefficient (Wildman–Crippen LogP) is 1.92. The number of nitrogens with one attached hydrogen (secondary N) is 1. The third-order valence-corrected chi connectivity index (χ3v) is 12.5. The van der Waals surface area contributed by atoms with Crippen LogP contribution in [0.4, 0.5) is 0 Å². The molecule has 0 spiro atoms. The lowest BCUT2D eigenvalue weighted by atomic mass is 9.96. The number of amides is 1. The van der Waals surface area contributed by atoms with E-state index in [4.69, 9.17) is 28.4 Å². The number of carbonyl (C=O) groups excluding carboxylic acids is 1. The number of allylic oxidation sites excluding steroid dienone is 11. The zero-order chi connectivity index (χ0) is 52.0. The third kappa shape index (κ3) is 21.9. The van der Waals surface area contributed by atoms with E-state index in [9.17, 15) is 61.0 Å². The number of unbranched alkanes of at least 4 members (excludes halogenated alkanes) is 8. The first-order valence-electron chi connectivity index (χ1n) is 25.7. The molecule has 0 aliphatic carbocycles. The number of aliphatic hydroxyl groups excluding tert-OH is 11. The molecule has 19 heteroatoms. The third-order valence-electron chi connectivity index (χ3n) is 12.5. The molecule has 0 aromatic rings. The van der Waals surface area contributed by atoms with Crippen molar-refractivity contribution < 1.29 is 89.4 Å². The molecule has 3 aliphatic heterocycles. The van der Waals surface area contributed by atoms with Crippen molar-refractivity contribution >= 4 is 5.91 Å². The molecule has 3 saturated heterocycles. The van der Waals surface area contributed by atoms with E-state index in [1.54, 1.807) is 6.08 Å². The number of ether oxygens (including phenoxy) is 6. The largest absolute Gasteiger partial charge is 0.394 e. The van der Waals surface area contributed by atoms with Crippen molar-refractivity contribution in [2.24, 2.45) is 0 Å². The summed E-state index contributed by atoms with van der Waals surface area (Å²) in [6.45, 7) is 1.47. The van der Waals surface area contributed by atoms with Gasteiger partial charge in [0.25, 0.3) is 0 Å². The molecule has 1 amide bonds. The van der Waals surface area contributed by atoms with Crippen LogP contribution in [0.15, 0.2) is 72.9 Å². The molecule has 3 fully saturated rings. The second kappa shape index (κ2) is 36.2. The van der Waals surface area contributed by atoms with E-state index in [2.05, 4.69) is 67.8 Å². The van der Waals surface area contributed by atoms with Crippen LogP contribution in [0.3, 0.4) is 0 Å².